The highest BCUT2D eigenvalue weighted by molar-refractivity contribution is 7.89. The minimum atomic E-state index is -4.31. The van der Waals surface area contributed by atoms with Gasteiger partial charge in [0.25, 0.3) is 0 Å². The second-order valence-electron chi connectivity index (χ2n) is 4.92. The van der Waals surface area contributed by atoms with Gasteiger partial charge in [0.2, 0.25) is 10.0 Å². The van der Waals surface area contributed by atoms with Gasteiger partial charge < -0.3 is 15.4 Å². The Morgan fingerprint density at radius 3 is 2.62 bits per heavy atom. The molecule has 0 aliphatic carbocycles. The van der Waals surface area contributed by atoms with Crippen molar-refractivity contribution < 1.29 is 21.9 Å². The lowest BCUT2D eigenvalue weighted by atomic mass is 10.3. The van der Waals surface area contributed by atoms with Crippen LogP contribution in [0.5, 0.6) is 0 Å². The molecule has 0 aromatic heterocycles. The van der Waals surface area contributed by atoms with Gasteiger partial charge in [0.05, 0.1) is 12.7 Å². The average molecular weight is 321 g/mol. The van der Waals surface area contributed by atoms with E-state index in [1.807, 2.05) is 11.9 Å². The number of anilines is 1. The van der Waals surface area contributed by atoms with E-state index in [4.69, 9.17) is 10.5 Å². The molecule has 118 valence electrons. The highest BCUT2D eigenvalue weighted by Crippen LogP contribution is 2.21. The number of morpholine rings is 1. The van der Waals surface area contributed by atoms with Gasteiger partial charge in [-0.15, -0.1) is 0 Å². The molecule has 0 saturated carbocycles. The molecule has 1 aliphatic heterocycles. The number of hydrogen-bond donors (Lipinski definition) is 2. The van der Waals surface area contributed by atoms with Crippen LogP contribution in [-0.4, -0.2) is 52.7 Å². The van der Waals surface area contributed by atoms with E-state index in [0.29, 0.717) is 13.2 Å². The van der Waals surface area contributed by atoms with Crippen LogP contribution in [0, 0.1) is 11.6 Å². The summed E-state index contributed by atoms with van der Waals surface area (Å²) in [6.07, 6.45) is -0.363. The molecular formula is C12H17F2N3O3S. The molecule has 21 heavy (non-hydrogen) atoms. The first-order valence-electron chi connectivity index (χ1n) is 6.34. The number of rotatable bonds is 4. The molecule has 6 nitrogen and oxygen atoms in total. The maximum absolute atomic E-state index is 13.7. The summed E-state index contributed by atoms with van der Waals surface area (Å²) in [6, 6.07) is 1.53. The molecule has 1 fully saturated rings. The monoisotopic (exact) mass is 321 g/mol. The summed E-state index contributed by atoms with van der Waals surface area (Å²) in [5.41, 5.74) is 5.08. The molecular weight excluding hydrogens is 304 g/mol. The number of halogens is 2. The van der Waals surface area contributed by atoms with Crippen LogP contribution >= 0.6 is 0 Å². The van der Waals surface area contributed by atoms with Crippen LogP contribution in [0.15, 0.2) is 17.0 Å². The van der Waals surface area contributed by atoms with Crippen molar-refractivity contribution in [2.24, 2.45) is 0 Å². The van der Waals surface area contributed by atoms with Gasteiger partial charge in [0, 0.05) is 25.3 Å². The van der Waals surface area contributed by atoms with Gasteiger partial charge in [-0.2, -0.15) is 0 Å². The third-order valence-electron chi connectivity index (χ3n) is 3.13. The highest BCUT2D eigenvalue weighted by Gasteiger charge is 2.26. The number of likely N-dealkylation sites (N-methyl/N-ethyl adjacent to an activating group) is 1. The summed E-state index contributed by atoms with van der Waals surface area (Å²) in [4.78, 5) is 0.952. The van der Waals surface area contributed by atoms with Crippen LogP contribution in [0.2, 0.25) is 0 Å². The lowest BCUT2D eigenvalue weighted by Gasteiger charge is -2.30. The summed E-state index contributed by atoms with van der Waals surface area (Å²) >= 11 is 0. The Balaban J connectivity index is 2.12. The second kappa shape index (κ2) is 6.22. The molecule has 0 amide bonds. The fourth-order valence-corrected chi connectivity index (χ4v) is 3.28. The average Bonchev–Trinajstić information content (AvgIpc) is 2.35. The van der Waals surface area contributed by atoms with Crippen LogP contribution in [0.3, 0.4) is 0 Å². The number of nitrogens with two attached hydrogens (primary N) is 1. The van der Waals surface area contributed by atoms with Gasteiger partial charge in [-0.3, -0.25) is 0 Å². The molecule has 2 rings (SSSR count). The van der Waals surface area contributed by atoms with E-state index < -0.39 is 26.6 Å². The van der Waals surface area contributed by atoms with E-state index in [1.54, 1.807) is 0 Å². The zero-order chi connectivity index (χ0) is 15.6. The van der Waals surface area contributed by atoms with Crippen LogP contribution in [-0.2, 0) is 14.8 Å². The smallest absolute Gasteiger partial charge is 0.246 e. The van der Waals surface area contributed by atoms with Gasteiger partial charge in [-0.05, 0) is 19.2 Å². The Kier molecular flexibility index (Phi) is 4.77. The maximum Gasteiger partial charge on any atom is 0.246 e. The van der Waals surface area contributed by atoms with Crippen molar-refractivity contribution >= 4 is 15.7 Å². The normalized spacial score (nSPS) is 20.6. The van der Waals surface area contributed by atoms with Crippen molar-refractivity contribution in [1.29, 1.82) is 0 Å². The number of ether oxygens (including phenoxy) is 1. The Labute approximate surface area is 121 Å². The molecule has 1 unspecified atom stereocenters. The van der Waals surface area contributed by atoms with Crippen molar-refractivity contribution in [3.63, 3.8) is 0 Å². The summed E-state index contributed by atoms with van der Waals surface area (Å²) in [6.45, 7) is 1.71. The first-order chi connectivity index (χ1) is 9.79. The predicted octanol–water partition coefficient (Wildman–Crippen LogP) is 0.156. The third-order valence-corrected chi connectivity index (χ3v) is 4.61. The first kappa shape index (κ1) is 16.1. The van der Waals surface area contributed by atoms with Gasteiger partial charge >= 0.3 is 0 Å². The van der Waals surface area contributed by atoms with Crippen molar-refractivity contribution in [3.05, 3.63) is 23.8 Å². The largest absolute Gasteiger partial charge is 0.399 e. The summed E-state index contributed by atoms with van der Waals surface area (Å²) < 4.78 is 58.9. The Hall–Kier alpha value is -1.29. The van der Waals surface area contributed by atoms with E-state index >= 15 is 0 Å². The third kappa shape index (κ3) is 3.88. The number of benzene rings is 1. The van der Waals surface area contributed by atoms with Crippen LogP contribution in [0.1, 0.15) is 0 Å². The standard InChI is InChI=1S/C12H17F2N3O3S/c1-17-2-3-20-9(7-17)6-16-21(18,19)12-10(13)4-8(15)5-11(12)14/h4-5,9,16H,2-3,6-7,15H2,1H3. The van der Waals surface area contributed by atoms with Crippen LogP contribution in [0.25, 0.3) is 0 Å². The van der Waals surface area contributed by atoms with Gasteiger partial charge in [-0.1, -0.05) is 0 Å². The van der Waals surface area contributed by atoms with Crippen molar-refractivity contribution in [2.45, 2.75) is 11.0 Å². The number of nitrogens with one attached hydrogen (secondary N) is 1. The van der Waals surface area contributed by atoms with Crippen LogP contribution < -0.4 is 10.5 Å². The highest BCUT2D eigenvalue weighted by atomic mass is 32.2. The molecule has 3 N–H and O–H groups in total. The van der Waals surface area contributed by atoms with E-state index in [-0.39, 0.29) is 18.3 Å². The number of hydrogen-bond acceptors (Lipinski definition) is 5. The Morgan fingerprint density at radius 2 is 2.05 bits per heavy atom. The van der Waals surface area contributed by atoms with Gasteiger partial charge in [0.15, 0.2) is 4.90 Å². The SMILES string of the molecule is CN1CCOC(CNS(=O)(=O)c2c(F)cc(N)cc2F)C1. The second-order valence-corrected chi connectivity index (χ2v) is 6.62. The molecule has 1 aromatic rings. The fourth-order valence-electron chi connectivity index (χ4n) is 2.10. The number of nitrogens with zero attached hydrogens (tertiary/aromatic N) is 1. The van der Waals surface area contributed by atoms with Gasteiger partial charge in [0.1, 0.15) is 11.6 Å². The lowest BCUT2D eigenvalue weighted by Crippen LogP contribution is -2.46. The predicted molar refractivity (Wildman–Crippen MR) is 73.2 cm³/mol. The summed E-state index contributed by atoms with van der Waals surface area (Å²) in [5, 5.41) is 0. The maximum atomic E-state index is 13.7. The zero-order valence-electron chi connectivity index (χ0n) is 11.5. The van der Waals surface area contributed by atoms with Gasteiger partial charge in [-0.25, -0.2) is 21.9 Å². The first-order valence-corrected chi connectivity index (χ1v) is 7.82. The van der Waals surface area contributed by atoms with Crippen LogP contribution in [0.4, 0.5) is 14.5 Å². The zero-order valence-corrected chi connectivity index (χ0v) is 12.3. The molecule has 1 heterocycles. The molecule has 9 heteroatoms. The minimum Gasteiger partial charge on any atom is -0.399 e. The molecule has 1 saturated heterocycles. The molecule has 1 aliphatic rings. The minimum absolute atomic E-state index is 0.0596. The number of nitrogen functional groups attached to an aromatic ring is 1. The lowest BCUT2D eigenvalue weighted by molar-refractivity contribution is -0.0156. The fraction of sp³-hybridized carbons (Fsp3) is 0.500. The van der Waals surface area contributed by atoms with E-state index in [9.17, 15) is 17.2 Å². The number of sulfonamides is 1. The van der Waals surface area contributed by atoms with E-state index in [1.165, 1.54) is 0 Å². The summed E-state index contributed by atoms with van der Waals surface area (Å²) in [5.74, 6) is -2.44. The molecule has 0 bridgehead atoms. The van der Waals surface area contributed by atoms with Crippen molar-refractivity contribution in [3.8, 4) is 0 Å². The topological polar surface area (TPSA) is 84.7 Å². The van der Waals surface area contributed by atoms with E-state index in [2.05, 4.69) is 4.72 Å². The van der Waals surface area contributed by atoms with Crippen molar-refractivity contribution in [2.75, 3.05) is 39.0 Å². The Bertz CT molecular complexity index is 601. The molecule has 1 atom stereocenters. The quantitative estimate of drug-likeness (QED) is 0.772. The summed E-state index contributed by atoms with van der Waals surface area (Å²) in [7, 11) is -2.43. The molecule has 1 aromatic carbocycles. The van der Waals surface area contributed by atoms with E-state index in [0.717, 1.165) is 18.7 Å². The molecule has 0 radical (unpaired) electrons. The van der Waals surface area contributed by atoms with Crippen molar-refractivity contribution in [1.82, 2.24) is 9.62 Å². The molecule has 0 spiro atoms. The Morgan fingerprint density at radius 1 is 1.43 bits per heavy atom.